The fourth-order valence-corrected chi connectivity index (χ4v) is 3.85. The van der Waals surface area contributed by atoms with Gasteiger partial charge in [0, 0.05) is 30.1 Å². The van der Waals surface area contributed by atoms with Crippen molar-refractivity contribution < 1.29 is 19.1 Å². The third kappa shape index (κ3) is 3.88. The van der Waals surface area contributed by atoms with Gasteiger partial charge in [-0.15, -0.1) is 0 Å². The van der Waals surface area contributed by atoms with Gasteiger partial charge in [0.1, 0.15) is 0 Å². The zero-order valence-corrected chi connectivity index (χ0v) is 15.4. The number of fused-ring (bicyclic) bond motifs is 1. The Labute approximate surface area is 158 Å². The summed E-state index contributed by atoms with van der Waals surface area (Å²) in [5.41, 5.74) is 2.53. The molecule has 5 nitrogen and oxygen atoms in total. The molecular formula is C22H23NO4. The molecule has 2 aliphatic heterocycles. The molecule has 0 saturated carbocycles. The zero-order chi connectivity index (χ0) is 18.8. The number of rotatable bonds is 5. The predicted octanol–water partition coefficient (Wildman–Crippen LogP) is 3.71. The molecule has 140 valence electrons. The number of benzene rings is 2. The van der Waals surface area contributed by atoms with Gasteiger partial charge in [-0.2, -0.15) is 0 Å². The van der Waals surface area contributed by atoms with Crippen LogP contribution in [0.3, 0.4) is 0 Å². The number of ketones is 2. The lowest BCUT2D eigenvalue weighted by atomic mass is 9.89. The van der Waals surface area contributed by atoms with E-state index in [1.54, 1.807) is 13.0 Å². The molecule has 0 aliphatic carbocycles. The summed E-state index contributed by atoms with van der Waals surface area (Å²) < 4.78 is 10.7. The normalized spacial score (nSPS) is 19.1. The Balaban J connectivity index is 1.44. The van der Waals surface area contributed by atoms with Crippen LogP contribution >= 0.6 is 0 Å². The lowest BCUT2D eigenvalue weighted by molar-refractivity contribution is 0.0811. The standard InChI is InChI=1S/C22H23NO4/c1-15(24)17-5-2-4-16(10-17)12-23-9-3-6-19(13-23)22(25)18-7-8-20-21(11-18)27-14-26-20/h2,4-5,7-8,10-11,19H,3,6,9,12-14H2,1H3/t19-/m0/s1. The van der Waals surface area contributed by atoms with Crippen molar-refractivity contribution in [3.63, 3.8) is 0 Å². The van der Waals surface area contributed by atoms with Crippen molar-refractivity contribution in [3.05, 3.63) is 59.2 Å². The highest BCUT2D eigenvalue weighted by molar-refractivity contribution is 5.98. The molecule has 0 bridgehead atoms. The van der Waals surface area contributed by atoms with Gasteiger partial charge >= 0.3 is 0 Å². The molecule has 0 radical (unpaired) electrons. The number of piperidine rings is 1. The van der Waals surface area contributed by atoms with Crippen LogP contribution in [0.4, 0.5) is 0 Å². The zero-order valence-electron chi connectivity index (χ0n) is 15.4. The summed E-state index contributed by atoms with van der Waals surface area (Å²) in [6.45, 7) is 4.25. The molecule has 1 saturated heterocycles. The summed E-state index contributed by atoms with van der Waals surface area (Å²) in [5.74, 6) is 1.56. The minimum absolute atomic E-state index is 0.0184. The Kier molecular flexibility index (Phi) is 4.94. The number of carbonyl (C=O) groups excluding carboxylic acids is 2. The lowest BCUT2D eigenvalue weighted by Crippen LogP contribution is -2.38. The fraction of sp³-hybridized carbons (Fsp3) is 0.364. The van der Waals surface area contributed by atoms with Gasteiger partial charge in [0.25, 0.3) is 0 Å². The van der Waals surface area contributed by atoms with E-state index in [2.05, 4.69) is 4.90 Å². The number of carbonyl (C=O) groups is 2. The number of nitrogens with zero attached hydrogens (tertiary/aromatic N) is 1. The molecule has 0 unspecified atom stereocenters. The molecular weight excluding hydrogens is 342 g/mol. The van der Waals surface area contributed by atoms with Crippen LogP contribution in [0.2, 0.25) is 0 Å². The summed E-state index contributed by atoms with van der Waals surface area (Å²) in [4.78, 5) is 26.9. The van der Waals surface area contributed by atoms with Crippen molar-refractivity contribution in [3.8, 4) is 11.5 Å². The van der Waals surface area contributed by atoms with Crippen LogP contribution in [0.15, 0.2) is 42.5 Å². The number of ether oxygens (including phenoxy) is 2. The first-order valence-corrected chi connectivity index (χ1v) is 9.36. The Bertz CT molecular complexity index is 876. The van der Waals surface area contributed by atoms with Crippen molar-refractivity contribution in [1.82, 2.24) is 4.90 Å². The molecule has 0 N–H and O–H groups in total. The largest absolute Gasteiger partial charge is 0.454 e. The van der Waals surface area contributed by atoms with E-state index in [4.69, 9.17) is 9.47 Å². The second-order valence-electron chi connectivity index (χ2n) is 7.26. The molecule has 1 fully saturated rings. The van der Waals surface area contributed by atoms with E-state index in [0.29, 0.717) is 17.1 Å². The van der Waals surface area contributed by atoms with Gasteiger partial charge in [0.05, 0.1) is 0 Å². The number of hydrogen-bond donors (Lipinski definition) is 0. The third-order valence-corrected chi connectivity index (χ3v) is 5.27. The molecule has 0 spiro atoms. The minimum Gasteiger partial charge on any atom is -0.454 e. The highest BCUT2D eigenvalue weighted by atomic mass is 16.7. The third-order valence-electron chi connectivity index (χ3n) is 5.27. The average Bonchev–Trinajstić information content (AvgIpc) is 3.15. The van der Waals surface area contributed by atoms with Crippen molar-refractivity contribution in [1.29, 1.82) is 0 Å². The van der Waals surface area contributed by atoms with Crippen molar-refractivity contribution in [2.24, 2.45) is 5.92 Å². The molecule has 5 heteroatoms. The topological polar surface area (TPSA) is 55.8 Å². The summed E-state index contributed by atoms with van der Waals surface area (Å²) >= 11 is 0. The van der Waals surface area contributed by atoms with Gasteiger partial charge in [0.2, 0.25) is 6.79 Å². The average molecular weight is 365 g/mol. The first-order chi connectivity index (χ1) is 13.1. The predicted molar refractivity (Wildman–Crippen MR) is 101 cm³/mol. The summed E-state index contributed by atoms with van der Waals surface area (Å²) in [6.07, 6.45) is 1.89. The quantitative estimate of drug-likeness (QED) is 0.756. The minimum atomic E-state index is -0.0184. The smallest absolute Gasteiger partial charge is 0.231 e. The molecule has 2 aromatic rings. The van der Waals surface area contributed by atoms with Gasteiger partial charge in [-0.25, -0.2) is 0 Å². The fourth-order valence-electron chi connectivity index (χ4n) is 3.85. The van der Waals surface area contributed by atoms with E-state index in [1.165, 1.54) is 0 Å². The highest BCUT2D eigenvalue weighted by Crippen LogP contribution is 2.34. The molecule has 27 heavy (non-hydrogen) atoms. The molecule has 2 heterocycles. The first kappa shape index (κ1) is 17.7. The van der Waals surface area contributed by atoms with E-state index in [1.807, 2.05) is 36.4 Å². The molecule has 2 aliphatic rings. The van der Waals surface area contributed by atoms with Gasteiger partial charge in [-0.05, 0) is 56.1 Å². The molecule has 0 amide bonds. The number of Topliss-reactive ketones (excluding diaryl/α,β-unsaturated/α-hetero) is 2. The van der Waals surface area contributed by atoms with E-state index >= 15 is 0 Å². The maximum Gasteiger partial charge on any atom is 0.231 e. The number of hydrogen-bond acceptors (Lipinski definition) is 5. The van der Waals surface area contributed by atoms with Gasteiger partial charge in [-0.3, -0.25) is 14.5 Å². The van der Waals surface area contributed by atoms with Crippen LogP contribution < -0.4 is 9.47 Å². The Morgan fingerprint density at radius 2 is 1.93 bits per heavy atom. The van der Waals surface area contributed by atoms with Crippen LogP contribution in [0.1, 0.15) is 46.0 Å². The van der Waals surface area contributed by atoms with Crippen LogP contribution in [0, 0.1) is 5.92 Å². The number of likely N-dealkylation sites (tertiary alicyclic amines) is 1. The highest BCUT2D eigenvalue weighted by Gasteiger charge is 2.28. The second kappa shape index (κ2) is 7.53. The second-order valence-corrected chi connectivity index (χ2v) is 7.26. The van der Waals surface area contributed by atoms with Crippen molar-refractivity contribution in [2.45, 2.75) is 26.3 Å². The van der Waals surface area contributed by atoms with E-state index < -0.39 is 0 Å². The maximum absolute atomic E-state index is 13.0. The summed E-state index contributed by atoms with van der Waals surface area (Å²) in [6, 6.07) is 13.2. The van der Waals surface area contributed by atoms with Crippen LogP contribution in [0.25, 0.3) is 0 Å². The molecule has 1 atom stereocenters. The van der Waals surface area contributed by atoms with Gasteiger partial charge < -0.3 is 9.47 Å². The maximum atomic E-state index is 13.0. The van der Waals surface area contributed by atoms with Gasteiger partial charge in [-0.1, -0.05) is 18.2 Å². The van der Waals surface area contributed by atoms with Crippen LogP contribution in [-0.2, 0) is 6.54 Å². The van der Waals surface area contributed by atoms with Crippen molar-refractivity contribution >= 4 is 11.6 Å². The Hall–Kier alpha value is -2.66. The van der Waals surface area contributed by atoms with Crippen LogP contribution in [0.5, 0.6) is 11.5 Å². The van der Waals surface area contributed by atoms with E-state index in [-0.39, 0.29) is 24.3 Å². The van der Waals surface area contributed by atoms with E-state index in [0.717, 1.165) is 43.6 Å². The molecule has 4 rings (SSSR count). The monoisotopic (exact) mass is 365 g/mol. The Morgan fingerprint density at radius 3 is 2.78 bits per heavy atom. The molecule has 2 aromatic carbocycles. The summed E-state index contributed by atoms with van der Waals surface area (Å²) in [5, 5.41) is 0. The molecule has 0 aromatic heterocycles. The first-order valence-electron chi connectivity index (χ1n) is 9.36. The lowest BCUT2D eigenvalue weighted by Gasteiger charge is -2.32. The van der Waals surface area contributed by atoms with Gasteiger partial charge in [0.15, 0.2) is 23.1 Å². The van der Waals surface area contributed by atoms with Crippen molar-refractivity contribution in [2.75, 3.05) is 19.9 Å². The Morgan fingerprint density at radius 1 is 1.07 bits per heavy atom. The summed E-state index contributed by atoms with van der Waals surface area (Å²) in [7, 11) is 0. The SMILES string of the molecule is CC(=O)c1cccc(CN2CCC[C@H](C(=O)c3ccc4c(c3)OCO4)C2)c1. The van der Waals surface area contributed by atoms with Crippen LogP contribution in [-0.4, -0.2) is 36.3 Å². The van der Waals surface area contributed by atoms with E-state index in [9.17, 15) is 9.59 Å².